The molecule has 0 aliphatic carbocycles. The van der Waals surface area contributed by atoms with E-state index in [4.69, 9.17) is 0 Å². The molecule has 86 valence electrons. The first-order valence-corrected chi connectivity index (χ1v) is 5.43. The highest BCUT2D eigenvalue weighted by molar-refractivity contribution is 5.46. The van der Waals surface area contributed by atoms with E-state index >= 15 is 0 Å². The van der Waals surface area contributed by atoms with E-state index < -0.39 is 0 Å². The van der Waals surface area contributed by atoms with E-state index in [1.54, 1.807) is 0 Å². The molecule has 0 saturated carbocycles. The van der Waals surface area contributed by atoms with Crippen LogP contribution < -0.4 is 5.32 Å². The first-order valence-electron chi connectivity index (χ1n) is 5.43. The van der Waals surface area contributed by atoms with Gasteiger partial charge >= 0.3 is 0 Å². The lowest BCUT2D eigenvalue weighted by atomic mass is 10.1. The molecule has 1 saturated heterocycles. The number of piperazine rings is 1. The monoisotopic (exact) mass is 216 g/mol. The molecule has 1 N–H and O–H groups in total. The summed E-state index contributed by atoms with van der Waals surface area (Å²) in [7, 11) is 2.06. The summed E-state index contributed by atoms with van der Waals surface area (Å²) in [6, 6.07) is 0. The first-order chi connectivity index (χ1) is 7.56. The maximum atomic E-state index is 4.01. The molecule has 0 amide bonds. The van der Waals surface area contributed by atoms with Crippen molar-refractivity contribution in [3.8, 4) is 0 Å². The Hall–Kier alpha value is -1.70. The van der Waals surface area contributed by atoms with Crippen LogP contribution in [0.15, 0.2) is 60.5 Å². The second-order valence-corrected chi connectivity index (χ2v) is 3.91. The van der Waals surface area contributed by atoms with Gasteiger partial charge in [-0.1, -0.05) is 31.9 Å². The number of nitrogens with one attached hydrogen (secondary N) is 1. The molecule has 1 aliphatic rings. The molecule has 0 bridgehead atoms. The van der Waals surface area contributed by atoms with E-state index in [2.05, 4.69) is 37.0 Å². The zero-order valence-corrected chi connectivity index (χ0v) is 10.2. The maximum absolute atomic E-state index is 4.01. The van der Waals surface area contributed by atoms with Crippen LogP contribution in [0.2, 0.25) is 0 Å². The lowest BCUT2D eigenvalue weighted by Crippen LogP contribution is -2.37. The van der Waals surface area contributed by atoms with Crippen LogP contribution in [0, 0.1) is 0 Å². The van der Waals surface area contributed by atoms with Gasteiger partial charge in [-0.15, -0.1) is 0 Å². The molecule has 0 radical (unpaired) electrons. The van der Waals surface area contributed by atoms with Crippen molar-refractivity contribution >= 4 is 0 Å². The summed E-state index contributed by atoms with van der Waals surface area (Å²) in [6.45, 7) is 15.9. The number of likely N-dealkylation sites (N-methyl/N-ethyl adjacent to an activating group) is 1. The van der Waals surface area contributed by atoms with Crippen LogP contribution in [0.5, 0.6) is 0 Å². The van der Waals surface area contributed by atoms with Crippen molar-refractivity contribution in [3.63, 3.8) is 0 Å². The lowest BCUT2D eigenvalue weighted by Gasteiger charge is -2.30. The summed E-state index contributed by atoms with van der Waals surface area (Å²) in [5.41, 5.74) is 3.89. The van der Waals surface area contributed by atoms with Gasteiger partial charge in [0, 0.05) is 20.1 Å². The van der Waals surface area contributed by atoms with Crippen LogP contribution in [0.3, 0.4) is 0 Å². The smallest absolute Gasteiger partial charge is 0.0599 e. The Morgan fingerprint density at radius 1 is 1.38 bits per heavy atom. The molecule has 0 unspecified atom stereocenters. The van der Waals surface area contributed by atoms with Crippen molar-refractivity contribution in [1.29, 1.82) is 0 Å². The molecule has 0 aromatic rings. The molecule has 0 aromatic heterocycles. The molecule has 1 fully saturated rings. The summed E-state index contributed by atoms with van der Waals surface area (Å²) >= 11 is 0. The fraction of sp³-hybridized carbons (Fsp3) is 0.286. The molecule has 16 heavy (non-hydrogen) atoms. The predicted octanol–water partition coefficient (Wildman–Crippen LogP) is 2.61. The molecule has 1 aliphatic heterocycles. The number of rotatable bonds is 3. The molecule has 2 heteroatoms. The zero-order chi connectivity index (χ0) is 12.1. The van der Waals surface area contributed by atoms with Crippen LogP contribution in [0.1, 0.15) is 6.92 Å². The molecule has 0 atom stereocenters. The zero-order valence-electron chi connectivity index (χ0n) is 10.2. The third-order valence-electron chi connectivity index (χ3n) is 2.60. The average molecular weight is 216 g/mol. The van der Waals surface area contributed by atoms with Gasteiger partial charge in [0.2, 0.25) is 0 Å². The summed E-state index contributed by atoms with van der Waals surface area (Å²) in [5, 5.41) is 3.25. The van der Waals surface area contributed by atoms with Gasteiger partial charge in [-0.05, 0) is 24.1 Å². The number of allylic oxidation sites excluding steroid dienone is 5. The number of hydrogen-bond acceptors (Lipinski definition) is 2. The van der Waals surface area contributed by atoms with Crippen LogP contribution in [0.25, 0.3) is 0 Å². The second kappa shape index (κ2) is 5.40. The summed E-state index contributed by atoms with van der Waals surface area (Å²) < 4.78 is 0. The minimum absolute atomic E-state index is 0.921. The van der Waals surface area contributed by atoms with Gasteiger partial charge < -0.3 is 10.2 Å². The largest absolute Gasteiger partial charge is 0.382 e. The Bertz CT molecular complexity index is 372. The standard InChI is InChI=1S/C14H20N2/c1-6-7-11(2)12(3)10-14-13(4)15-8-9-16(14)5/h6-7,10,15H,2-4,8-9H2,1,5H3/b7-6-,14-10-. The van der Waals surface area contributed by atoms with Gasteiger partial charge in [0.15, 0.2) is 0 Å². The molecule has 0 spiro atoms. The molecule has 2 nitrogen and oxygen atoms in total. The Kier molecular flexibility index (Phi) is 4.18. The van der Waals surface area contributed by atoms with Crippen molar-refractivity contribution in [3.05, 3.63) is 60.5 Å². The fourth-order valence-corrected chi connectivity index (χ4v) is 1.58. The molecule has 1 rings (SSSR count). The van der Waals surface area contributed by atoms with Crippen molar-refractivity contribution in [1.82, 2.24) is 10.2 Å². The third kappa shape index (κ3) is 2.89. The molecular weight excluding hydrogens is 196 g/mol. The first kappa shape index (κ1) is 12.4. The van der Waals surface area contributed by atoms with Crippen molar-refractivity contribution < 1.29 is 0 Å². The minimum Gasteiger partial charge on any atom is -0.382 e. The van der Waals surface area contributed by atoms with E-state index in [9.17, 15) is 0 Å². The maximum Gasteiger partial charge on any atom is 0.0599 e. The van der Waals surface area contributed by atoms with Crippen molar-refractivity contribution in [2.45, 2.75) is 6.92 Å². The predicted molar refractivity (Wildman–Crippen MR) is 70.9 cm³/mol. The topological polar surface area (TPSA) is 15.3 Å². The fourth-order valence-electron chi connectivity index (χ4n) is 1.58. The van der Waals surface area contributed by atoms with Crippen LogP contribution in [0.4, 0.5) is 0 Å². The summed E-state index contributed by atoms with van der Waals surface area (Å²) in [4.78, 5) is 2.17. The Labute approximate surface area is 98.3 Å². The van der Waals surface area contributed by atoms with Crippen molar-refractivity contribution in [2.24, 2.45) is 0 Å². The Balaban J connectivity index is 2.85. The number of nitrogens with zero attached hydrogens (tertiary/aromatic N) is 1. The third-order valence-corrected chi connectivity index (χ3v) is 2.60. The van der Waals surface area contributed by atoms with Crippen molar-refractivity contribution in [2.75, 3.05) is 20.1 Å². The van der Waals surface area contributed by atoms with E-state index in [1.807, 2.05) is 25.2 Å². The highest BCUT2D eigenvalue weighted by atomic mass is 15.2. The quantitative estimate of drug-likeness (QED) is 0.730. The molecule has 0 aromatic carbocycles. The lowest BCUT2D eigenvalue weighted by molar-refractivity contribution is 0.386. The highest BCUT2D eigenvalue weighted by Crippen LogP contribution is 2.18. The normalized spacial score (nSPS) is 19.0. The van der Waals surface area contributed by atoms with Gasteiger partial charge in [0.05, 0.1) is 11.4 Å². The van der Waals surface area contributed by atoms with E-state index in [0.29, 0.717) is 0 Å². The molecular formula is C14H20N2. The van der Waals surface area contributed by atoms with E-state index in [1.165, 1.54) is 0 Å². The average Bonchev–Trinajstić information content (AvgIpc) is 2.23. The number of hydrogen-bond donors (Lipinski definition) is 1. The molecule has 1 heterocycles. The highest BCUT2D eigenvalue weighted by Gasteiger charge is 2.13. The van der Waals surface area contributed by atoms with Crippen LogP contribution >= 0.6 is 0 Å². The van der Waals surface area contributed by atoms with Gasteiger partial charge in [0.1, 0.15) is 0 Å². The minimum atomic E-state index is 0.921. The van der Waals surface area contributed by atoms with Gasteiger partial charge in [-0.2, -0.15) is 0 Å². The van der Waals surface area contributed by atoms with Crippen LogP contribution in [-0.4, -0.2) is 25.0 Å². The van der Waals surface area contributed by atoms with Gasteiger partial charge in [-0.3, -0.25) is 0 Å². The van der Waals surface area contributed by atoms with E-state index in [-0.39, 0.29) is 0 Å². The van der Waals surface area contributed by atoms with Gasteiger partial charge in [-0.25, -0.2) is 0 Å². The van der Waals surface area contributed by atoms with E-state index in [0.717, 1.165) is 35.6 Å². The second-order valence-electron chi connectivity index (χ2n) is 3.91. The summed E-state index contributed by atoms with van der Waals surface area (Å²) in [5.74, 6) is 0. The SMILES string of the molecule is C=C(/C=C\C)C(=C)/C=C1/C(=C)NCCN1C. The Morgan fingerprint density at radius 2 is 2.06 bits per heavy atom. The van der Waals surface area contributed by atoms with Crippen LogP contribution in [-0.2, 0) is 0 Å². The summed E-state index contributed by atoms with van der Waals surface area (Å²) in [6.07, 6.45) is 5.94. The Morgan fingerprint density at radius 3 is 2.62 bits per heavy atom. The van der Waals surface area contributed by atoms with Gasteiger partial charge in [0.25, 0.3) is 0 Å².